The fourth-order valence-corrected chi connectivity index (χ4v) is 1.72. The molecule has 178 valence electrons. The van der Waals surface area contributed by atoms with Crippen LogP contribution in [0.5, 0.6) is 11.5 Å². The first kappa shape index (κ1) is 29.1. The van der Waals surface area contributed by atoms with Crippen LogP contribution in [-0.4, -0.2) is 10.2 Å². The summed E-state index contributed by atoms with van der Waals surface area (Å²) in [6.45, 7) is 2.08. The Balaban J connectivity index is 0.000000459. The molecule has 2 N–H and O–H groups in total. The van der Waals surface area contributed by atoms with E-state index in [1.807, 2.05) is 18.2 Å². The summed E-state index contributed by atoms with van der Waals surface area (Å²) in [5, 5.41) is 16.6. The molecule has 13 heteroatoms. The monoisotopic (exact) mass is 518 g/mol. The van der Waals surface area contributed by atoms with E-state index < -0.39 is 69.7 Å². The molecule has 0 amide bonds. The number of aromatic hydroxyl groups is 2. The van der Waals surface area contributed by atoms with Gasteiger partial charge in [0.1, 0.15) is 0 Å². The largest absolute Gasteiger partial charge is 0.503 e. The number of rotatable bonds is 0. The van der Waals surface area contributed by atoms with Crippen LogP contribution < -0.4 is 0 Å². The van der Waals surface area contributed by atoms with Crippen LogP contribution in [0, 0.1) is 65.1 Å². The van der Waals surface area contributed by atoms with Crippen molar-refractivity contribution in [2.75, 3.05) is 0 Å². The fraction of sp³-hybridized carbons (Fsp3) is 0.0526. The van der Waals surface area contributed by atoms with Crippen molar-refractivity contribution < 1.29 is 70.6 Å². The summed E-state index contributed by atoms with van der Waals surface area (Å²) in [5.74, 6) is -25.9. The predicted octanol–water partition coefficient (Wildman–Crippen LogP) is 6.17. The number of halogens is 10. The summed E-state index contributed by atoms with van der Waals surface area (Å²) in [6.07, 6.45) is 0. The molecule has 3 rings (SSSR count). The molecular weight excluding hydrogens is 509 g/mol. The van der Waals surface area contributed by atoms with E-state index in [1.54, 1.807) is 0 Å². The van der Waals surface area contributed by atoms with E-state index in [2.05, 4.69) is 19.1 Å². The topological polar surface area (TPSA) is 40.5 Å². The van der Waals surface area contributed by atoms with E-state index in [0.29, 0.717) is 0 Å². The van der Waals surface area contributed by atoms with Gasteiger partial charge in [0, 0.05) is 16.5 Å². The Hall–Kier alpha value is -2.95. The van der Waals surface area contributed by atoms with Crippen molar-refractivity contribution in [2.24, 2.45) is 0 Å². The average molecular weight is 519 g/mol. The van der Waals surface area contributed by atoms with Gasteiger partial charge in [0.15, 0.2) is 11.5 Å². The number of benzene rings is 3. The number of hydrogen-bond donors (Lipinski definition) is 2. The molecule has 0 radical (unpaired) electrons. The third-order valence-electron chi connectivity index (χ3n) is 3.31. The number of phenolic OH excluding ortho intramolecular Hbond substituents is 2. The van der Waals surface area contributed by atoms with Crippen LogP contribution in [0.25, 0.3) is 0 Å². The Labute approximate surface area is 183 Å². The molecule has 0 aliphatic rings. The SMILES string of the molecule is Cc1ccccc1.Oc1c(F)c(F)c(F)c(F)c1F.Oc1c(F)c(F)c(F)c(F)c1F.[Ni]. The molecule has 0 fully saturated rings. The van der Waals surface area contributed by atoms with E-state index in [1.165, 1.54) is 5.56 Å². The zero-order valence-corrected chi connectivity index (χ0v) is 16.4. The zero-order chi connectivity index (χ0) is 24.0. The summed E-state index contributed by atoms with van der Waals surface area (Å²) in [7, 11) is 0. The van der Waals surface area contributed by atoms with Gasteiger partial charge >= 0.3 is 0 Å². The molecule has 0 aliphatic heterocycles. The van der Waals surface area contributed by atoms with Crippen LogP contribution in [0.3, 0.4) is 0 Å². The third kappa shape index (κ3) is 6.52. The molecule has 3 aromatic carbocycles. The van der Waals surface area contributed by atoms with Gasteiger partial charge in [0.05, 0.1) is 0 Å². The molecule has 2 nitrogen and oxygen atoms in total. The van der Waals surface area contributed by atoms with Crippen molar-refractivity contribution in [1.29, 1.82) is 0 Å². The Morgan fingerprint density at radius 1 is 0.438 bits per heavy atom. The normalized spacial score (nSPS) is 9.72. The predicted molar refractivity (Wildman–Crippen MR) is 87.0 cm³/mol. The van der Waals surface area contributed by atoms with Crippen LogP contribution in [0.2, 0.25) is 0 Å². The van der Waals surface area contributed by atoms with Gasteiger partial charge in [-0.2, -0.15) is 17.6 Å². The summed E-state index contributed by atoms with van der Waals surface area (Å²) in [5.41, 5.74) is 1.32. The first-order valence-corrected chi connectivity index (χ1v) is 7.75. The minimum Gasteiger partial charge on any atom is -0.503 e. The minimum atomic E-state index is -2.29. The second-order valence-corrected chi connectivity index (χ2v) is 5.49. The van der Waals surface area contributed by atoms with E-state index in [4.69, 9.17) is 10.2 Å². The molecule has 32 heavy (non-hydrogen) atoms. The maximum Gasteiger partial charge on any atom is 0.206 e. The molecule has 0 heterocycles. The molecule has 0 atom stereocenters. The quantitative estimate of drug-likeness (QED) is 0.162. The maximum absolute atomic E-state index is 12.2. The first-order chi connectivity index (χ1) is 14.3. The van der Waals surface area contributed by atoms with E-state index in [0.717, 1.165) is 0 Å². The van der Waals surface area contributed by atoms with Gasteiger partial charge < -0.3 is 10.2 Å². The summed E-state index contributed by atoms with van der Waals surface area (Å²) >= 11 is 0. The van der Waals surface area contributed by atoms with Crippen LogP contribution in [0.1, 0.15) is 5.56 Å². The van der Waals surface area contributed by atoms with Gasteiger partial charge in [0.2, 0.25) is 58.2 Å². The second-order valence-electron chi connectivity index (χ2n) is 5.49. The van der Waals surface area contributed by atoms with E-state index >= 15 is 0 Å². The van der Waals surface area contributed by atoms with E-state index in [-0.39, 0.29) is 16.5 Å². The zero-order valence-electron chi connectivity index (χ0n) is 15.4. The van der Waals surface area contributed by atoms with Crippen molar-refractivity contribution in [3.05, 3.63) is 94.1 Å². The molecule has 0 spiro atoms. The average Bonchev–Trinajstić information content (AvgIpc) is 2.77. The van der Waals surface area contributed by atoms with Crippen molar-refractivity contribution >= 4 is 0 Å². The van der Waals surface area contributed by atoms with Crippen LogP contribution in [0.4, 0.5) is 43.9 Å². The van der Waals surface area contributed by atoms with Crippen LogP contribution >= 0.6 is 0 Å². The van der Waals surface area contributed by atoms with Gasteiger partial charge in [-0.3, -0.25) is 0 Å². The number of hydrogen-bond acceptors (Lipinski definition) is 2. The summed E-state index contributed by atoms with van der Waals surface area (Å²) < 4.78 is 121. The molecule has 0 unspecified atom stereocenters. The Morgan fingerprint density at radius 3 is 0.844 bits per heavy atom. The van der Waals surface area contributed by atoms with E-state index in [9.17, 15) is 43.9 Å². The second kappa shape index (κ2) is 12.2. The molecular formula is C19H10F10NiO2. The maximum atomic E-state index is 12.2. The van der Waals surface area contributed by atoms with Gasteiger partial charge in [-0.05, 0) is 6.92 Å². The van der Waals surface area contributed by atoms with Crippen molar-refractivity contribution in [2.45, 2.75) is 6.92 Å². The van der Waals surface area contributed by atoms with Crippen molar-refractivity contribution in [3.63, 3.8) is 0 Å². The minimum absolute atomic E-state index is 0. The smallest absolute Gasteiger partial charge is 0.206 e. The molecule has 0 aliphatic carbocycles. The molecule has 0 aromatic heterocycles. The van der Waals surface area contributed by atoms with Gasteiger partial charge in [0.25, 0.3) is 0 Å². The summed E-state index contributed by atoms with van der Waals surface area (Å²) in [6, 6.07) is 10.3. The van der Waals surface area contributed by atoms with Crippen molar-refractivity contribution in [1.82, 2.24) is 0 Å². The van der Waals surface area contributed by atoms with Gasteiger partial charge in [-0.1, -0.05) is 35.9 Å². The first-order valence-electron chi connectivity index (χ1n) is 7.75. The Kier molecular flexibility index (Phi) is 11.1. The van der Waals surface area contributed by atoms with Crippen LogP contribution in [-0.2, 0) is 16.5 Å². The van der Waals surface area contributed by atoms with Crippen molar-refractivity contribution in [3.8, 4) is 11.5 Å². The molecule has 3 aromatic rings. The third-order valence-corrected chi connectivity index (χ3v) is 3.31. The van der Waals surface area contributed by atoms with Crippen LogP contribution in [0.15, 0.2) is 30.3 Å². The number of phenols is 2. The molecule has 0 bridgehead atoms. The Bertz CT molecular complexity index is 800. The van der Waals surface area contributed by atoms with Gasteiger partial charge in [-0.15, -0.1) is 0 Å². The molecule has 0 saturated heterocycles. The number of aryl methyl sites for hydroxylation is 1. The Morgan fingerprint density at radius 2 is 0.656 bits per heavy atom. The fourth-order valence-electron chi connectivity index (χ4n) is 1.72. The molecule has 0 saturated carbocycles. The van der Waals surface area contributed by atoms with Gasteiger partial charge in [-0.25, -0.2) is 26.3 Å². The summed E-state index contributed by atoms with van der Waals surface area (Å²) in [4.78, 5) is 0. The standard InChI is InChI=1S/C7H8.2C6HF5O.Ni/c1-7-5-3-2-4-6-7;2*7-1-2(8)4(10)6(12)5(11)3(1)9;/h2-6H,1H3;2*12H;.